The average molecular weight is 607 g/mol. The molecular formula is C32H42N6O2S2. The Labute approximate surface area is 257 Å². The molecule has 42 heavy (non-hydrogen) atoms. The fraction of sp³-hybridized carbons (Fsp3) is 0.469. The Bertz CT molecular complexity index is 1430. The van der Waals surface area contributed by atoms with Gasteiger partial charge in [-0.2, -0.15) is 0 Å². The van der Waals surface area contributed by atoms with Crippen LogP contribution in [0.5, 0.6) is 0 Å². The molecule has 0 aliphatic heterocycles. The van der Waals surface area contributed by atoms with Gasteiger partial charge in [-0.1, -0.05) is 113 Å². The van der Waals surface area contributed by atoms with Crippen LogP contribution in [0.15, 0.2) is 48.5 Å². The summed E-state index contributed by atoms with van der Waals surface area (Å²) in [5, 5.41) is 36.3. The molecule has 1 amide bonds. The molecule has 4 rings (SSSR count). The minimum Gasteiger partial charge on any atom is -0.373 e. The predicted octanol–water partition coefficient (Wildman–Crippen LogP) is 6.70. The first-order valence-electron chi connectivity index (χ1n) is 14.4. The van der Waals surface area contributed by atoms with Crippen molar-refractivity contribution in [3.8, 4) is 0 Å². The normalized spacial score (nSPS) is 12.7. The summed E-state index contributed by atoms with van der Waals surface area (Å²) in [5.41, 5.74) is 4.75. The van der Waals surface area contributed by atoms with Crippen LogP contribution in [0, 0.1) is 0 Å². The van der Waals surface area contributed by atoms with E-state index in [0.29, 0.717) is 23.1 Å². The Morgan fingerprint density at radius 1 is 0.738 bits per heavy atom. The zero-order valence-corrected chi connectivity index (χ0v) is 27.0. The fourth-order valence-electron chi connectivity index (χ4n) is 4.40. The first-order chi connectivity index (χ1) is 19.8. The van der Waals surface area contributed by atoms with Crippen LogP contribution in [0.3, 0.4) is 0 Å². The van der Waals surface area contributed by atoms with E-state index in [1.54, 1.807) is 0 Å². The molecule has 3 N–H and O–H groups in total. The molecule has 1 atom stereocenters. The van der Waals surface area contributed by atoms with Crippen LogP contribution >= 0.6 is 22.7 Å². The van der Waals surface area contributed by atoms with E-state index >= 15 is 0 Å². The Morgan fingerprint density at radius 3 is 1.74 bits per heavy atom. The molecule has 0 saturated heterocycles. The van der Waals surface area contributed by atoms with Crippen molar-refractivity contribution in [2.45, 2.75) is 97.1 Å². The third-order valence-electron chi connectivity index (χ3n) is 6.94. The van der Waals surface area contributed by atoms with E-state index in [9.17, 15) is 9.90 Å². The summed E-state index contributed by atoms with van der Waals surface area (Å²) in [4.78, 5) is 12.5. The zero-order chi connectivity index (χ0) is 30.3. The number of nitrogens with one attached hydrogen (secondary N) is 2. The number of carbonyl (C=O) groups excluding carboxylic acids is 1. The predicted molar refractivity (Wildman–Crippen MR) is 172 cm³/mol. The van der Waals surface area contributed by atoms with Gasteiger partial charge in [0.2, 0.25) is 16.2 Å². The van der Waals surface area contributed by atoms with E-state index in [2.05, 4.69) is 109 Å². The van der Waals surface area contributed by atoms with Gasteiger partial charge in [0.05, 0.1) is 6.42 Å². The van der Waals surface area contributed by atoms with Gasteiger partial charge in [-0.3, -0.25) is 4.79 Å². The van der Waals surface area contributed by atoms with Crippen LogP contribution in [-0.2, 0) is 41.3 Å². The number of amides is 1. The van der Waals surface area contributed by atoms with E-state index in [1.807, 2.05) is 12.1 Å². The van der Waals surface area contributed by atoms with Crippen molar-refractivity contribution in [1.29, 1.82) is 0 Å². The molecule has 224 valence electrons. The first-order valence-corrected chi connectivity index (χ1v) is 16.1. The number of aliphatic hydroxyl groups is 1. The van der Waals surface area contributed by atoms with Crippen molar-refractivity contribution in [2.75, 3.05) is 10.6 Å². The van der Waals surface area contributed by atoms with Gasteiger partial charge in [0.1, 0.15) is 16.2 Å². The lowest BCUT2D eigenvalue weighted by Crippen LogP contribution is -2.21. The van der Waals surface area contributed by atoms with Crippen LogP contribution in [-0.4, -0.2) is 37.6 Å². The van der Waals surface area contributed by atoms with E-state index in [1.165, 1.54) is 33.8 Å². The van der Waals surface area contributed by atoms with Gasteiger partial charge >= 0.3 is 0 Å². The van der Waals surface area contributed by atoms with Crippen molar-refractivity contribution in [3.63, 3.8) is 0 Å². The van der Waals surface area contributed by atoms with Gasteiger partial charge < -0.3 is 15.7 Å². The molecule has 8 nitrogen and oxygen atoms in total. The molecule has 0 saturated carbocycles. The van der Waals surface area contributed by atoms with Crippen LogP contribution in [0.4, 0.5) is 10.3 Å². The molecule has 0 aliphatic carbocycles. The monoisotopic (exact) mass is 606 g/mol. The maximum atomic E-state index is 12.5. The molecule has 0 aliphatic rings. The molecule has 4 aromatic rings. The number of anilines is 2. The number of hydrogen-bond acceptors (Lipinski definition) is 9. The van der Waals surface area contributed by atoms with Crippen molar-refractivity contribution in [3.05, 3.63) is 80.8 Å². The zero-order valence-electron chi connectivity index (χ0n) is 25.4. The number of aryl methyl sites for hydroxylation is 2. The topological polar surface area (TPSA) is 113 Å². The molecule has 0 spiro atoms. The van der Waals surface area contributed by atoms with Crippen LogP contribution < -0.4 is 10.6 Å². The lowest BCUT2D eigenvalue weighted by molar-refractivity contribution is -0.115. The third-order valence-corrected chi connectivity index (χ3v) is 8.75. The quantitative estimate of drug-likeness (QED) is 0.121. The van der Waals surface area contributed by atoms with Gasteiger partial charge in [0.15, 0.2) is 0 Å². The molecule has 0 bridgehead atoms. The minimum absolute atomic E-state index is 0.0880. The second kappa shape index (κ2) is 13.8. The van der Waals surface area contributed by atoms with Crippen molar-refractivity contribution in [2.24, 2.45) is 0 Å². The maximum Gasteiger partial charge on any atom is 0.230 e. The van der Waals surface area contributed by atoms with Crippen molar-refractivity contribution in [1.82, 2.24) is 20.4 Å². The van der Waals surface area contributed by atoms with Crippen LogP contribution in [0.1, 0.15) is 86.7 Å². The molecule has 10 heteroatoms. The number of benzene rings is 2. The highest BCUT2D eigenvalue weighted by molar-refractivity contribution is 7.15. The second-order valence-corrected chi connectivity index (χ2v) is 14.8. The number of unbranched alkanes of at least 4 members (excludes halogenated alkanes) is 1. The summed E-state index contributed by atoms with van der Waals surface area (Å²) < 4.78 is 0. The summed E-state index contributed by atoms with van der Waals surface area (Å²) in [6.45, 7) is 13.1. The first kappa shape index (κ1) is 31.7. The Kier molecular flexibility index (Phi) is 10.5. The molecule has 2 aromatic carbocycles. The number of hydrogen-bond donors (Lipinski definition) is 3. The number of carbonyl (C=O) groups is 1. The van der Waals surface area contributed by atoms with Gasteiger partial charge in [-0.05, 0) is 45.9 Å². The smallest absolute Gasteiger partial charge is 0.230 e. The maximum absolute atomic E-state index is 12.5. The largest absolute Gasteiger partial charge is 0.373 e. The summed E-state index contributed by atoms with van der Waals surface area (Å²) >= 11 is 2.89. The molecule has 1 unspecified atom stereocenters. The lowest BCUT2D eigenvalue weighted by atomic mass is 9.86. The lowest BCUT2D eigenvalue weighted by Gasteiger charge is -2.19. The van der Waals surface area contributed by atoms with Gasteiger partial charge in [-0.15, -0.1) is 20.4 Å². The van der Waals surface area contributed by atoms with Crippen molar-refractivity contribution >= 4 is 38.8 Å². The average Bonchev–Trinajstić information content (AvgIpc) is 3.55. The molecule has 2 heterocycles. The molecule has 2 aromatic heterocycles. The van der Waals surface area contributed by atoms with Gasteiger partial charge in [-0.25, -0.2) is 0 Å². The number of nitrogens with zero attached hydrogens (tertiary/aromatic N) is 4. The molecular weight excluding hydrogens is 565 g/mol. The highest BCUT2D eigenvalue weighted by Crippen LogP contribution is 2.25. The Hall–Kier alpha value is -3.21. The third kappa shape index (κ3) is 9.68. The SMILES string of the molecule is CC(C)(C)c1ccc(CC(=O)Nc2nnc(CCCCc3nnc(NC(O)Cc4ccc(C(C)(C)C)cc4)s3)s2)cc1. The highest BCUT2D eigenvalue weighted by Gasteiger charge is 2.16. The van der Waals surface area contributed by atoms with E-state index in [-0.39, 0.29) is 16.7 Å². The molecule has 0 radical (unpaired) electrons. The van der Waals surface area contributed by atoms with Crippen LogP contribution in [0.2, 0.25) is 0 Å². The summed E-state index contributed by atoms with van der Waals surface area (Å²) in [5.74, 6) is -0.0922. The number of aliphatic hydroxyl groups excluding tert-OH is 1. The Morgan fingerprint density at radius 2 is 1.21 bits per heavy atom. The minimum atomic E-state index is -0.729. The van der Waals surface area contributed by atoms with Gasteiger partial charge in [0, 0.05) is 19.3 Å². The second-order valence-electron chi connectivity index (χ2n) is 12.7. The van der Waals surface area contributed by atoms with Gasteiger partial charge in [0.25, 0.3) is 0 Å². The summed E-state index contributed by atoms with van der Waals surface area (Å²) in [6.07, 6.45) is 3.53. The standard InChI is InChI=1S/C32H42N6O2S2/c1-31(2,3)23-15-11-21(12-16-23)19-25(39)33-29-37-35-27(41-29)9-7-8-10-28-36-38-30(42-28)34-26(40)20-22-13-17-24(18-14-22)32(4,5)6/h11-18,25,39H,7-10,19-20H2,1-6H3,(H,33,37)(H,34,38,40). The highest BCUT2D eigenvalue weighted by atomic mass is 32.1. The number of aromatic nitrogens is 4. The van der Waals surface area contributed by atoms with E-state index in [0.717, 1.165) is 46.8 Å². The van der Waals surface area contributed by atoms with Crippen LogP contribution in [0.25, 0.3) is 0 Å². The Balaban J connectivity index is 1.15. The summed E-state index contributed by atoms with van der Waals surface area (Å²) in [7, 11) is 0. The van der Waals surface area contributed by atoms with E-state index < -0.39 is 6.23 Å². The summed E-state index contributed by atoms with van der Waals surface area (Å²) in [6, 6.07) is 16.6. The van der Waals surface area contributed by atoms with Crippen molar-refractivity contribution < 1.29 is 9.90 Å². The molecule has 0 fully saturated rings. The van der Waals surface area contributed by atoms with E-state index in [4.69, 9.17) is 0 Å². The fourth-order valence-corrected chi connectivity index (χ4v) is 6.03. The number of rotatable bonds is 12.